The molecule has 1 amide bonds. The van der Waals surface area contributed by atoms with Crippen LogP contribution in [0.3, 0.4) is 0 Å². The summed E-state index contributed by atoms with van der Waals surface area (Å²) in [5.41, 5.74) is 4.48. The van der Waals surface area contributed by atoms with Gasteiger partial charge in [-0.1, -0.05) is 63.2 Å². The summed E-state index contributed by atoms with van der Waals surface area (Å²) in [6.45, 7) is 12.0. The van der Waals surface area contributed by atoms with E-state index in [1.165, 1.54) is 10.1 Å². The molecule has 0 bridgehead atoms. The molecule has 1 aliphatic rings. The molecule has 1 N–H and O–H groups in total. The van der Waals surface area contributed by atoms with Crippen LogP contribution >= 0.6 is 0 Å². The molecule has 0 unspecified atom stereocenters. The average Bonchev–Trinajstić information content (AvgIpc) is 3.28. The maximum atomic E-state index is 12.8. The molecule has 2 heterocycles. The summed E-state index contributed by atoms with van der Waals surface area (Å²) >= 11 is 0. The Morgan fingerprint density at radius 3 is 2.27 bits per heavy atom. The van der Waals surface area contributed by atoms with E-state index in [4.69, 9.17) is 4.74 Å². The Kier molecular flexibility index (Phi) is 5.52. The van der Waals surface area contributed by atoms with Crippen molar-refractivity contribution in [3.63, 3.8) is 0 Å². The van der Waals surface area contributed by atoms with Crippen LogP contribution in [0, 0.1) is 0 Å². The number of rotatable bonds is 2. The van der Waals surface area contributed by atoms with Crippen molar-refractivity contribution in [1.82, 2.24) is 9.88 Å². The third-order valence-corrected chi connectivity index (χ3v) is 5.52. The number of carbonyl (C=O) groups is 2. The van der Waals surface area contributed by atoms with Crippen molar-refractivity contribution >= 4 is 34.7 Å². The van der Waals surface area contributed by atoms with E-state index in [-0.39, 0.29) is 11.3 Å². The van der Waals surface area contributed by atoms with Crippen LogP contribution in [0.5, 0.6) is 0 Å². The lowest BCUT2D eigenvalue weighted by Crippen LogP contribution is -2.26. The number of benzene rings is 2. The van der Waals surface area contributed by atoms with E-state index >= 15 is 0 Å². The van der Waals surface area contributed by atoms with E-state index in [0.717, 1.165) is 27.7 Å². The van der Waals surface area contributed by atoms with E-state index in [2.05, 4.69) is 38.2 Å². The van der Waals surface area contributed by atoms with Crippen molar-refractivity contribution in [2.24, 2.45) is 0 Å². The quantitative estimate of drug-likeness (QED) is 0.475. The van der Waals surface area contributed by atoms with Crippen LogP contribution in [-0.4, -0.2) is 22.2 Å². The van der Waals surface area contributed by atoms with Gasteiger partial charge in [-0.3, -0.25) is 9.36 Å². The number of para-hydroxylation sites is 1. The van der Waals surface area contributed by atoms with Gasteiger partial charge in [0.1, 0.15) is 5.60 Å². The topological polar surface area (TPSA) is 60.3 Å². The molecule has 0 saturated heterocycles. The van der Waals surface area contributed by atoms with E-state index in [1.54, 1.807) is 6.20 Å². The lowest BCUT2D eigenvalue weighted by Gasteiger charge is -2.19. The fourth-order valence-electron chi connectivity index (χ4n) is 3.81. The standard InChI is InChI=1S/C28H30N2O3/c1-27(2,3)21-13-11-18(12-14-21)23-16-19(25(31)29-23)15-20-17-30(26(32)33-28(4,5)6)24-10-8-7-9-22(20)24/h7-17H,1-6H3,(H,29,31). The zero-order valence-electron chi connectivity index (χ0n) is 20.0. The first kappa shape index (κ1) is 22.6. The first-order valence-corrected chi connectivity index (χ1v) is 11.1. The zero-order chi connectivity index (χ0) is 24.0. The highest BCUT2D eigenvalue weighted by atomic mass is 16.6. The molecule has 170 valence electrons. The second-order valence-corrected chi connectivity index (χ2v) is 10.4. The van der Waals surface area contributed by atoms with Gasteiger partial charge in [0.05, 0.1) is 5.52 Å². The second kappa shape index (κ2) is 8.07. The molecule has 1 aromatic heterocycles. The van der Waals surface area contributed by atoms with E-state index in [9.17, 15) is 9.59 Å². The Hall–Kier alpha value is -3.60. The molecule has 0 spiro atoms. The average molecular weight is 443 g/mol. The van der Waals surface area contributed by atoms with Gasteiger partial charge in [-0.2, -0.15) is 0 Å². The Balaban J connectivity index is 1.70. The van der Waals surface area contributed by atoms with Gasteiger partial charge >= 0.3 is 6.09 Å². The zero-order valence-corrected chi connectivity index (χ0v) is 20.0. The number of amides is 1. The molecule has 33 heavy (non-hydrogen) atoms. The smallest absolute Gasteiger partial charge is 0.419 e. The molecular weight excluding hydrogens is 412 g/mol. The Bertz CT molecular complexity index is 1290. The SMILES string of the molecule is CC(C)(C)OC(=O)n1cc(C=C2C=C(c3ccc(C(C)(C)C)cc3)NC2=O)c2ccccc21. The molecule has 5 nitrogen and oxygen atoms in total. The van der Waals surface area contributed by atoms with Crippen LogP contribution in [0.4, 0.5) is 4.79 Å². The Labute approximate surface area is 194 Å². The second-order valence-electron chi connectivity index (χ2n) is 10.4. The van der Waals surface area contributed by atoms with Crippen molar-refractivity contribution in [2.45, 2.75) is 52.6 Å². The predicted octanol–water partition coefficient (Wildman–Crippen LogP) is 6.28. The summed E-state index contributed by atoms with van der Waals surface area (Å²) in [5.74, 6) is -0.168. The molecule has 5 heteroatoms. The summed E-state index contributed by atoms with van der Waals surface area (Å²) in [6.07, 6.45) is 4.95. The third kappa shape index (κ3) is 4.77. The van der Waals surface area contributed by atoms with E-state index < -0.39 is 11.7 Å². The minimum absolute atomic E-state index is 0.0687. The molecule has 0 radical (unpaired) electrons. The summed E-state index contributed by atoms with van der Waals surface area (Å²) in [4.78, 5) is 25.5. The minimum atomic E-state index is -0.605. The number of ether oxygens (including phenoxy) is 1. The van der Waals surface area contributed by atoms with Gasteiger partial charge in [0.25, 0.3) is 5.91 Å². The monoisotopic (exact) mass is 442 g/mol. The predicted molar refractivity (Wildman–Crippen MR) is 133 cm³/mol. The highest BCUT2D eigenvalue weighted by Crippen LogP contribution is 2.29. The van der Waals surface area contributed by atoms with Gasteiger partial charge in [-0.25, -0.2) is 4.79 Å². The Morgan fingerprint density at radius 1 is 0.970 bits per heavy atom. The van der Waals surface area contributed by atoms with Gasteiger partial charge < -0.3 is 10.1 Å². The lowest BCUT2D eigenvalue weighted by molar-refractivity contribution is -0.115. The van der Waals surface area contributed by atoms with Crippen LogP contribution in [0.2, 0.25) is 0 Å². The number of fused-ring (bicyclic) bond motifs is 1. The third-order valence-electron chi connectivity index (χ3n) is 5.52. The highest BCUT2D eigenvalue weighted by Gasteiger charge is 2.23. The highest BCUT2D eigenvalue weighted by molar-refractivity contribution is 6.12. The molecule has 3 aromatic rings. The number of hydrogen-bond acceptors (Lipinski definition) is 3. The fraction of sp³-hybridized carbons (Fsp3) is 0.286. The largest absolute Gasteiger partial charge is 0.443 e. The maximum absolute atomic E-state index is 12.8. The lowest BCUT2D eigenvalue weighted by atomic mass is 9.86. The minimum Gasteiger partial charge on any atom is -0.443 e. The number of hydrogen-bond donors (Lipinski definition) is 1. The van der Waals surface area contributed by atoms with Crippen LogP contribution in [-0.2, 0) is 14.9 Å². The number of nitrogens with one attached hydrogen (secondary N) is 1. The summed E-state index contributed by atoms with van der Waals surface area (Å²) in [7, 11) is 0. The van der Waals surface area contributed by atoms with Crippen LogP contribution in [0.25, 0.3) is 22.7 Å². The van der Waals surface area contributed by atoms with Crippen molar-refractivity contribution in [2.75, 3.05) is 0 Å². The maximum Gasteiger partial charge on any atom is 0.419 e. The van der Waals surface area contributed by atoms with Gasteiger partial charge in [0.15, 0.2) is 0 Å². The molecule has 2 aromatic carbocycles. The van der Waals surface area contributed by atoms with Crippen molar-refractivity contribution < 1.29 is 14.3 Å². The summed E-state index contributed by atoms with van der Waals surface area (Å²) in [6, 6.07) is 15.8. The van der Waals surface area contributed by atoms with Crippen molar-refractivity contribution in [1.29, 1.82) is 0 Å². The summed E-state index contributed by atoms with van der Waals surface area (Å²) in [5, 5.41) is 3.84. The van der Waals surface area contributed by atoms with Gasteiger partial charge in [-0.15, -0.1) is 0 Å². The molecule has 0 fully saturated rings. The number of carbonyl (C=O) groups excluding carboxylic acids is 2. The van der Waals surface area contributed by atoms with Crippen LogP contribution in [0.1, 0.15) is 58.2 Å². The van der Waals surface area contributed by atoms with E-state index in [0.29, 0.717) is 5.57 Å². The molecule has 1 aliphatic heterocycles. The normalized spacial score (nSPS) is 15.6. The van der Waals surface area contributed by atoms with Crippen LogP contribution < -0.4 is 5.32 Å². The van der Waals surface area contributed by atoms with Gasteiger partial charge in [0, 0.05) is 28.4 Å². The van der Waals surface area contributed by atoms with Crippen molar-refractivity contribution in [3.8, 4) is 0 Å². The fourth-order valence-corrected chi connectivity index (χ4v) is 3.81. The van der Waals surface area contributed by atoms with Gasteiger partial charge in [-0.05, 0) is 55.5 Å². The molecular formula is C28H30N2O3. The summed E-state index contributed by atoms with van der Waals surface area (Å²) < 4.78 is 7.05. The van der Waals surface area contributed by atoms with Crippen molar-refractivity contribution in [3.05, 3.63) is 83.1 Å². The molecule has 4 rings (SSSR count). The number of nitrogens with zero attached hydrogens (tertiary/aromatic N) is 1. The first-order chi connectivity index (χ1) is 15.4. The van der Waals surface area contributed by atoms with Gasteiger partial charge in [0.2, 0.25) is 0 Å². The molecule has 0 aliphatic carbocycles. The van der Waals surface area contributed by atoms with Crippen LogP contribution in [0.15, 0.2) is 66.4 Å². The first-order valence-electron chi connectivity index (χ1n) is 11.1. The Morgan fingerprint density at radius 2 is 1.64 bits per heavy atom. The van der Waals surface area contributed by atoms with E-state index in [1.807, 2.05) is 69.3 Å². The number of aromatic nitrogens is 1. The molecule has 0 saturated carbocycles. The molecule has 0 atom stereocenters.